The zero-order valence-corrected chi connectivity index (χ0v) is 16.2. The molecule has 2 aromatic heterocycles. The van der Waals surface area contributed by atoms with Crippen molar-refractivity contribution >= 4 is 28.0 Å². The molecule has 1 aliphatic heterocycles. The lowest BCUT2D eigenvalue weighted by Crippen LogP contribution is -2.38. The van der Waals surface area contributed by atoms with Gasteiger partial charge in [0.05, 0.1) is 12.2 Å². The lowest BCUT2D eigenvalue weighted by atomic mass is 10.2. The van der Waals surface area contributed by atoms with Crippen molar-refractivity contribution in [3.05, 3.63) is 70.7 Å². The second-order valence-corrected chi connectivity index (χ2v) is 8.00. The number of nitrogens with one attached hydrogen (secondary N) is 1. The smallest absolute Gasteiger partial charge is 0.319 e. The fraction of sp³-hybridized carbons (Fsp3) is 0.190. The largest absolute Gasteiger partial charge is 0.322 e. The minimum atomic E-state index is -0.0709. The summed E-state index contributed by atoms with van der Waals surface area (Å²) in [5, 5.41) is 7.68. The molecule has 28 heavy (non-hydrogen) atoms. The van der Waals surface area contributed by atoms with Gasteiger partial charge in [0.25, 0.3) is 0 Å². The van der Waals surface area contributed by atoms with E-state index < -0.39 is 0 Å². The average Bonchev–Trinajstić information content (AvgIpc) is 3.28. The predicted octanol–water partition coefficient (Wildman–Crippen LogP) is 4.36. The van der Waals surface area contributed by atoms with Gasteiger partial charge in [0.15, 0.2) is 5.82 Å². The van der Waals surface area contributed by atoms with E-state index in [1.807, 2.05) is 70.9 Å². The van der Waals surface area contributed by atoms with Gasteiger partial charge in [0.2, 0.25) is 4.96 Å². The van der Waals surface area contributed by atoms with Crippen LogP contribution in [0.15, 0.2) is 54.6 Å². The number of hydrogen-bond acceptors (Lipinski definition) is 4. The lowest BCUT2D eigenvalue weighted by molar-refractivity contribution is 0.206. The molecule has 0 spiro atoms. The molecule has 0 atom stereocenters. The maximum absolute atomic E-state index is 12.6. The number of carbonyl (C=O) groups is 1. The molecule has 2 amide bonds. The molecule has 140 valence electrons. The Bertz CT molecular complexity index is 1150. The summed E-state index contributed by atoms with van der Waals surface area (Å²) in [5.74, 6) is 0.745. The first-order valence-electron chi connectivity index (χ1n) is 9.23. The molecule has 1 aliphatic rings. The van der Waals surface area contributed by atoms with E-state index in [0.717, 1.165) is 39.0 Å². The van der Waals surface area contributed by atoms with Gasteiger partial charge in [-0.1, -0.05) is 59.4 Å². The van der Waals surface area contributed by atoms with Crippen LogP contribution in [0.25, 0.3) is 16.3 Å². The van der Waals surface area contributed by atoms with E-state index in [4.69, 9.17) is 5.10 Å². The van der Waals surface area contributed by atoms with Gasteiger partial charge in [0.1, 0.15) is 0 Å². The quantitative estimate of drug-likeness (QED) is 0.554. The minimum absolute atomic E-state index is 0.0709. The molecule has 7 heteroatoms. The van der Waals surface area contributed by atoms with Crippen molar-refractivity contribution in [1.82, 2.24) is 19.5 Å². The van der Waals surface area contributed by atoms with Crippen molar-refractivity contribution in [2.45, 2.75) is 19.9 Å². The Morgan fingerprint density at radius 1 is 1.11 bits per heavy atom. The number of hydrogen-bond donors (Lipinski definition) is 1. The van der Waals surface area contributed by atoms with Crippen LogP contribution in [-0.2, 0) is 13.0 Å². The molecule has 0 saturated carbocycles. The molecular formula is C21H19N5OS. The Hall–Kier alpha value is -3.19. The minimum Gasteiger partial charge on any atom is -0.319 e. The zero-order chi connectivity index (χ0) is 19.1. The monoisotopic (exact) mass is 389 g/mol. The van der Waals surface area contributed by atoms with E-state index in [1.54, 1.807) is 11.3 Å². The van der Waals surface area contributed by atoms with Crippen molar-refractivity contribution in [1.29, 1.82) is 0 Å². The molecule has 5 rings (SSSR count). The number of urea groups is 1. The highest BCUT2D eigenvalue weighted by atomic mass is 32.1. The van der Waals surface area contributed by atoms with E-state index in [0.29, 0.717) is 13.1 Å². The molecule has 0 bridgehead atoms. The summed E-state index contributed by atoms with van der Waals surface area (Å²) in [6.07, 6.45) is 0.772. The first-order valence-corrected chi connectivity index (χ1v) is 10.0. The molecular weight excluding hydrogens is 370 g/mol. The highest BCUT2D eigenvalue weighted by molar-refractivity contribution is 7.17. The van der Waals surface area contributed by atoms with Crippen molar-refractivity contribution in [2.75, 3.05) is 11.9 Å². The van der Waals surface area contributed by atoms with Gasteiger partial charge in [-0.3, -0.25) is 0 Å². The van der Waals surface area contributed by atoms with E-state index in [1.165, 1.54) is 5.56 Å². The van der Waals surface area contributed by atoms with Gasteiger partial charge in [-0.05, 0) is 19.1 Å². The average molecular weight is 389 g/mol. The summed E-state index contributed by atoms with van der Waals surface area (Å²) >= 11 is 1.61. The van der Waals surface area contributed by atoms with E-state index in [2.05, 4.69) is 10.3 Å². The molecule has 2 aromatic carbocycles. The number of aromatic nitrogens is 3. The molecule has 0 unspecified atom stereocenters. The van der Waals surface area contributed by atoms with E-state index in [9.17, 15) is 4.79 Å². The molecule has 0 saturated heterocycles. The number of nitrogens with zero attached hydrogens (tertiary/aromatic N) is 4. The van der Waals surface area contributed by atoms with Gasteiger partial charge in [-0.25, -0.2) is 9.31 Å². The summed E-state index contributed by atoms with van der Waals surface area (Å²) in [6.45, 7) is 3.28. The lowest BCUT2D eigenvalue weighted by Gasteiger charge is -2.26. The van der Waals surface area contributed by atoms with Crippen LogP contribution in [0.1, 0.15) is 16.1 Å². The van der Waals surface area contributed by atoms with Crippen molar-refractivity contribution in [3.63, 3.8) is 0 Å². The summed E-state index contributed by atoms with van der Waals surface area (Å²) in [5.41, 5.74) is 4.16. The Morgan fingerprint density at radius 2 is 1.89 bits per heavy atom. The highest BCUT2D eigenvalue weighted by Crippen LogP contribution is 2.29. The van der Waals surface area contributed by atoms with E-state index >= 15 is 0 Å². The number of amides is 2. The van der Waals surface area contributed by atoms with Gasteiger partial charge >= 0.3 is 6.03 Å². The summed E-state index contributed by atoms with van der Waals surface area (Å²) in [6, 6.07) is 17.8. The number of carbonyl (C=O) groups excluding carboxylic acids is 1. The molecule has 0 aliphatic carbocycles. The number of thiazole rings is 1. The van der Waals surface area contributed by atoms with Gasteiger partial charge < -0.3 is 10.2 Å². The predicted molar refractivity (Wildman–Crippen MR) is 111 cm³/mol. The standard InChI is InChI=1S/C21H19N5OS/c1-14-7-9-16(10-8-14)22-20(27)25-12-11-17-18(13-25)28-21-23-19(24-26(17)21)15-5-3-2-4-6-15/h2-10H,11-13H2,1H3,(H,22,27). The van der Waals surface area contributed by atoms with Crippen LogP contribution in [-0.4, -0.2) is 32.1 Å². The third-order valence-corrected chi connectivity index (χ3v) is 6.00. The van der Waals surface area contributed by atoms with Gasteiger partial charge in [0, 0.05) is 29.1 Å². The highest BCUT2D eigenvalue weighted by Gasteiger charge is 2.26. The summed E-state index contributed by atoms with van der Waals surface area (Å²) in [7, 11) is 0. The maximum atomic E-state index is 12.6. The van der Waals surface area contributed by atoms with Gasteiger partial charge in [-0.2, -0.15) is 4.98 Å². The van der Waals surface area contributed by atoms with Gasteiger partial charge in [-0.15, -0.1) is 5.10 Å². The number of benzene rings is 2. The normalized spacial score (nSPS) is 13.5. The van der Waals surface area contributed by atoms with Crippen LogP contribution in [0.3, 0.4) is 0 Å². The van der Waals surface area contributed by atoms with Crippen LogP contribution in [0.5, 0.6) is 0 Å². The van der Waals surface area contributed by atoms with Crippen LogP contribution >= 0.6 is 11.3 Å². The first kappa shape index (κ1) is 16.9. The number of aryl methyl sites for hydroxylation is 1. The molecule has 0 radical (unpaired) electrons. The third-order valence-electron chi connectivity index (χ3n) is 4.94. The number of fused-ring (bicyclic) bond motifs is 3. The Kier molecular flexibility index (Phi) is 4.09. The SMILES string of the molecule is Cc1ccc(NC(=O)N2CCc3c(sc4nc(-c5ccccc5)nn34)C2)cc1. The molecule has 3 heterocycles. The fourth-order valence-electron chi connectivity index (χ4n) is 3.41. The first-order chi connectivity index (χ1) is 13.7. The maximum Gasteiger partial charge on any atom is 0.322 e. The van der Waals surface area contributed by atoms with Crippen molar-refractivity contribution < 1.29 is 4.79 Å². The summed E-state index contributed by atoms with van der Waals surface area (Å²) in [4.78, 5) is 21.2. The second-order valence-electron chi connectivity index (χ2n) is 6.94. The third kappa shape index (κ3) is 3.03. The van der Waals surface area contributed by atoms with Crippen molar-refractivity contribution in [2.24, 2.45) is 0 Å². The van der Waals surface area contributed by atoms with E-state index in [-0.39, 0.29) is 6.03 Å². The Morgan fingerprint density at radius 3 is 2.68 bits per heavy atom. The van der Waals surface area contributed by atoms with Crippen LogP contribution in [0.2, 0.25) is 0 Å². The number of rotatable bonds is 2. The van der Waals surface area contributed by atoms with Crippen LogP contribution in [0.4, 0.5) is 10.5 Å². The molecule has 1 N–H and O–H groups in total. The number of anilines is 1. The Labute approximate surface area is 166 Å². The molecule has 4 aromatic rings. The Balaban J connectivity index is 1.36. The fourth-order valence-corrected chi connectivity index (χ4v) is 4.53. The molecule has 0 fully saturated rings. The topological polar surface area (TPSA) is 62.5 Å². The van der Waals surface area contributed by atoms with Crippen LogP contribution < -0.4 is 5.32 Å². The van der Waals surface area contributed by atoms with Crippen LogP contribution in [0, 0.1) is 6.92 Å². The summed E-state index contributed by atoms with van der Waals surface area (Å²) < 4.78 is 1.94. The second kappa shape index (κ2) is 6.76. The zero-order valence-electron chi connectivity index (χ0n) is 15.4. The van der Waals surface area contributed by atoms with Crippen molar-refractivity contribution in [3.8, 4) is 11.4 Å². The molecule has 6 nitrogen and oxygen atoms in total.